The minimum atomic E-state index is -0.0527. The molecule has 0 bridgehead atoms. The van der Waals surface area contributed by atoms with Crippen LogP contribution in [0, 0.1) is 0 Å². The summed E-state index contributed by atoms with van der Waals surface area (Å²) >= 11 is 0. The van der Waals surface area contributed by atoms with Crippen LogP contribution >= 0.6 is 0 Å². The molecule has 1 saturated heterocycles. The number of nitrogens with zero attached hydrogens (tertiary/aromatic N) is 2. The van der Waals surface area contributed by atoms with Gasteiger partial charge in [0.1, 0.15) is 6.29 Å². The molecule has 1 atom stereocenters. The number of carbonyl (C=O) groups excluding carboxylic acids is 2. The summed E-state index contributed by atoms with van der Waals surface area (Å²) in [4.78, 5) is 28.1. The number of amides is 1. The molecule has 2 rings (SSSR count). The molecule has 0 aromatic heterocycles. The highest BCUT2D eigenvalue weighted by atomic mass is 16.2. The molecule has 2 fully saturated rings. The van der Waals surface area contributed by atoms with Crippen LogP contribution < -0.4 is 0 Å². The van der Waals surface area contributed by atoms with Gasteiger partial charge >= 0.3 is 0 Å². The van der Waals surface area contributed by atoms with Crippen molar-refractivity contribution in [2.45, 2.75) is 83.3 Å². The minimum absolute atomic E-state index is 0.0527. The van der Waals surface area contributed by atoms with E-state index in [1.807, 2.05) is 0 Å². The van der Waals surface area contributed by atoms with E-state index < -0.39 is 0 Å². The van der Waals surface area contributed by atoms with Gasteiger partial charge in [-0.25, -0.2) is 0 Å². The number of piperidine rings is 1. The zero-order valence-corrected chi connectivity index (χ0v) is 13.6. The Labute approximate surface area is 128 Å². The van der Waals surface area contributed by atoms with Gasteiger partial charge in [-0.15, -0.1) is 0 Å². The maximum Gasteiger partial charge on any atom is 0.237 e. The third kappa shape index (κ3) is 4.29. The molecule has 0 radical (unpaired) electrons. The van der Waals surface area contributed by atoms with Gasteiger partial charge < -0.3 is 9.69 Å². The number of hydrogen-bond donors (Lipinski definition) is 0. The molecule has 1 unspecified atom stereocenters. The van der Waals surface area contributed by atoms with Crippen molar-refractivity contribution in [3.05, 3.63) is 0 Å². The molecule has 1 aliphatic heterocycles. The molecule has 2 aliphatic rings. The molecule has 4 heteroatoms. The SMILES string of the molecule is CC(C)N(C(=O)CN1CCCCC1C=O)C1CCCCC1. The van der Waals surface area contributed by atoms with Crippen LogP contribution in [-0.2, 0) is 9.59 Å². The summed E-state index contributed by atoms with van der Waals surface area (Å²) in [7, 11) is 0. The van der Waals surface area contributed by atoms with Crippen molar-refractivity contribution in [1.29, 1.82) is 0 Å². The topological polar surface area (TPSA) is 40.6 Å². The summed E-state index contributed by atoms with van der Waals surface area (Å²) < 4.78 is 0. The first kappa shape index (κ1) is 16.5. The van der Waals surface area contributed by atoms with Gasteiger partial charge in [-0.1, -0.05) is 25.7 Å². The number of likely N-dealkylation sites (tertiary alicyclic amines) is 1. The van der Waals surface area contributed by atoms with E-state index in [-0.39, 0.29) is 18.0 Å². The predicted molar refractivity (Wildman–Crippen MR) is 84.1 cm³/mol. The molecule has 1 heterocycles. The van der Waals surface area contributed by atoms with Crippen molar-refractivity contribution < 1.29 is 9.59 Å². The quantitative estimate of drug-likeness (QED) is 0.732. The van der Waals surface area contributed by atoms with Crippen LogP contribution in [0.2, 0.25) is 0 Å². The lowest BCUT2D eigenvalue weighted by atomic mass is 9.93. The zero-order chi connectivity index (χ0) is 15.2. The fourth-order valence-corrected chi connectivity index (χ4v) is 3.90. The van der Waals surface area contributed by atoms with Crippen LogP contribution in [0.25, 0.3) is 0 Å². The maximum atomic E-state index is 12.8. The van der Waals surface area contributed by atoms with E-state index in [9.17, 15) is 9.59 Å². The van der Waals surface area contributed by atoms with Gasteiger partial charge in [0.15, 0.2) is 0 Å². The Hall–Kier alpha value is -0.900. The van der Waals surface area contributed by atoms with Crippen molar-refractivity contribution in [1.82, 2.24) is 9.80 Å². The first-order chi connectivity index (χ1) is 10.1. The molecule has 0 spiro atoms. The molecule has 4 nitrogen and oxygen atoms in total. The maximum absolute atomic E-state index is 12.8. The highest BCUT2D eigenvalue weighted by Gasteiger charge is 2.31. The van der Waals surface area contributed by atoms with Crippen molar-refractivity contribution in [3.63, 3.8) is 0 Å². The fraction of sp³-hybridized carbons (Fsp3) is 0.882. The van der Waals surface area contributed by atoms with Crippen LogP contribution in [0.3, 0.4) is 0 Å². The van der Waals surface area contributed by atoms with Crippen molar-refractivity contribution >= 4 is 12.2 Å². The summed E-state index contributed by atoms with van der Waals surface area (Å²) in [6.07, 6.45) is 10.2. The Morgan fingerprint density at radius 1 is 1.14 bits per heavy atom. The molecule has 0 N–H and O–H groups in total. The lowest BCUT2D eigenvalue weighted by Crippen LogP contribution is -2.52. The van der Waals surface area contributed by atoms with Gasteiger partial charge in [-0.2, -0.15) is 0 Å². The smallest absolute Gasteiger partial charge is 0.237 e. The van der Waals surface area contributed by atoms with Gasteiger partial charge in [0.25, 0.3) is 0 Å². The lowest BCUT2D eigenvalue weighted by Gasteiger charge is -2.40. The molecule has 1 aliphatic carbocycles. The zero-order valence-electron chi connectivity index (χ0n) is 13.6. The molecular formula is C17H30N2O2. The molecule has 120 valence electrons. The molecular weight excluding hydrogens is 264 g/mol. The normalized spacial score (nSPS) is 25.0. The van der Waals surface area contributed by atoms with Crippen molar-refractivity contribution in [2.75, 3.05) is 13.1 Å². The van der Waals surface area contributed by atoms with Crippen molar-refractivity contribution in [3.8, 4) is 0 Å². The summed E-state index contributed by atoms with van der Waals surface area (Å²) in [6.45, 7) is 5.52. The first-order valence-corrected chi connectivity index (χ1v) is 8.64. The first-order valence-electron chi connectivity index (χ1n) is 8.64. The second-order valence-corrected chi connectivity index (χ2v) is 6.86. The van der Waals surface area contributed by atoms with Gasteiger partial charge in [-0.3, -0.25) is 9.69 Å². The second kappa shape index (κ2) is 7.92. The van der Waals surface area contributed by atoms with Crippen LogP contribution in [0.15, 0.2) is 0 Å². The Morgan fingerprint density at radius 2 is 1.81 bits per heavy atom. The Morgan fingerprint density at radius 3 is 2.43 bits per heavy atom. The molecule has 1 saturated carbocycles. The highest BCUT2D eigenvalue weighted by Crippen LogP contribution is 2.25. The van der Waals surface area contributed by atoms with E-state index in [0.29, 0.717) is 12.6 Å². The summed E-state index contributed by atoms with van der Waals surface area (Å²) in [5, 5.41) is 0. The van der Waals surface area contributed by atoms with E-state index in [1.54, 1.807) is 0 Å². The average molecular weight is 294 g/mol. The van der Waals surface area contributed by atoms with Crippen LogP contribution in [-0.4, -0.2) is 53.2 Å². The van der Waals surface area contributed by atoms with E-state index in [2.05, 4.69) is 23.6 Å². The number of carbonyl (C=O) groups is 2. The van der Waals surface area contributed by atoms with Gasteiger partial charge in [0.05, 0.1) is 12.6 Å². The molecule has 0 aromatic carbocycles. The standard InChI is InChI=1S/C17H30N2O2/c1-14(2)19(15-8-4-3-5-9-15)17(21)12-18-11-7-6-10-16(18)13-20/h13-16H,3-12H2,1-2H3. The second-order valence-electron chi connectivity index (χ2n) is 6.86. The van der Waals surface area contributed by atoms with E-state index >= 15 is 0 Å². The summed E-state index contributed by atoms with van der Waals surface area (Å²) in [5.74, 6) is 0.214. The van der Waals surface area contributed by atoms with E-state index in [1.165, 1.54) is 19.3 Å². The minimum Gasteiger partial charge on any atom is -0.336 e. The summed E-state index contributed by atoms with van der Waals surface area (Å²) in [5.41, 5.74) is 0. The number of rotatable bonds is 5. The van der Waals surface area contributed by atoms with Gasteiger partial charge in [-0.05, 0) is 46.1 Å². The Kier molecular flexibility index (Phi) is 6.22. The lowest BCUT2D eigenvalue weighted by molar-refractivity contribution is -0.138. The van der Waals surface area contributed by atoms with Gasteiger partial charge in [0.2, 0.25) is 5.91 Å². The fourth-order valence-electron chi connectivity index (χ4n) is 3.90. The molecule has 0 aromatic rings. The van der Waals surface area contributed by atoms with Crippen molar-refractivity contribution in [2.24, 2.45) is 0 Å². The monoisotopic (exact) mass is 294 g/mol. The Balaban J connectivity index is 1.98. The van der Waals surface area contributed by atoms with Crippen LogP contribution in [0.4, 0.5) is 0 Å². The molecule has 21 heavy (non-hydrogen) atoms. The van der Waals surface area contributed by atoms with Crippen LogP contribution in [0.5, 0.6) is 0 Å². The van der Waals surface area contributed by atoms with E-state index in [0.717, 1.165) is 44.9 Å². The van der Waals surface area contributed by atoms with Crippen LogP contribution in [0.1, 0.15) is 65.2 Å². The largest absolute Gasteiger partial charge is 0.336 e. The summed E-state index contributed by atoms with van der Waals surface area (Å²) in [6, 6.07) is 0.605. The number of hydrogen-bond acceptors (Lipinski definition) is 3. The molecule has 1 amide bonds. The third-order valence-electron chi connectivity index (χ3n) is 4.97. The Bertz CT molecular complexity index is 351. The predicted octanol–water partition coefficient (Wildman–Crippen LogP) is 2.61. The average Bonchev–Trinajstić information content (AvgIpc) is 2.48. The number of aldehydes is 1. The highest BCUT2D eigenvalue weighted by molar-refractivity contribution is 5.79. The third-order valence-corrected chi connectivity index (χ3v) is 4.97. The van der Waals surface area contributed by atoms with Gasteiger partial charge in [0, 0.05) is 12.1 Å². The van der Waals surface area contributed by atoms with E-state index in [4.69, 9.17) is 0 Å².